The van der Waals surface area contributed by atoms with Crippen LogP contribution in [0.5, 0.6) is 5.75 Å². The Morgan fingerprint density at radius 1 is 0.966 bits per heavy atom. The quantitative estimate of drug-likeness (QED) is 0.382. The number of esters is 1. The van der Waals surface area contributed by atoms with E-state index in [0.717, 1.165) is 9.40 Å². The Morgan fingerprint density at radius 3 is 2.45 bits per heavy atom. The molecule has 154 valence electrons. The summed E-state index contributed by atoms with van der Waals surface area (Å²) >= 11 is 1.53. The van der Waals surface area contributed by atoms with Crippen LogP contribution in [-0.2, 0) is 9.53 Å². The van der Waals surface area contributed by atoms with Gasteiger partial charge < -0.3 is 19.7 Å². The van der Waals surface area contributed by atoms with Gasteiger partial charge in [-0.2, -0.15) is 0 Å². The lowest BCUT2D eigenvalue weighted by molar-refractivity contribution is -0.146. The van der Waals surface area contributed by atoms with Gasteiger partial charge in [0.25, 0.3) is 0 Å². The molecular formula is C21H23NO6S. The van der Waals surface area contributed by atoms with Crippen LogP contribution in [0.15, 0.2) is 47.3 Å². The van der Waals surface area contributed by atoms with Gasteiger partial charge in [-0.05, 0) is 30.3 Å². The van der Waals surface area contributed by atoms with Crippen LogP contribution in [0.1, 0.15) is 0 Å². The van der Waals surface area contributed by atoms with Crippen LogP contribution in [0.4, 0.5) is 0 Å². The molecular weight excluding hydrogens is 394 g/mol. The second-order valence-electron chi connectivity index (χ2n) is 6.38. The second kappa shape index (κ2) is 10.3. The Bertz CT molecular complexity index is 1030. The lowest BCUT2D eigenvalue weighted by Gasteiger charge is -2.19. The van der Waals surface area contributed by atoms with Gasteiger partial charge in [-0.15, -0.1) is 11.3 Å². The number of rotatable bonds is 10. The molecule has 2 aromatic carbocycles. The van der Waals surface area contributed by atoms with E-state index >= 15 is 0 Å². The van der Waals surface area contributed by atoms with E-state index in [1.807, 2.05) is 24.3 Å². The summed E-state index contributed by atoms with van der Waals surface area (Å²) in [5.74, 6) is -0.0991. The molecule has 0 aliphatic rings. The molecule has 8 heteroatoms. The van der Waals surface area contributed by atoms with E-state index in [0.29, 0.717) is 36.2 Å². The molecule has 29 heavy (non-hydrogen) atoms. The summed E-state index contributed by atoms with van der Waals surface area (Å²) in [5.41, 5.74) is -0.0600. The summed E-state index contributed by atoms with van der Waals surface area (Å²) in [7, 11) is 0. The Labute approximate surface area is 171 Å². The summed E-state index contributed by atoms with van der Waals surface area (Å²) in [6, 6.07) is 12.7. The molecule has 0 unspecified atom stereocenters. The first-order valence-electron chi connectivity index (χ1n) is 9.30. The van der Waals surface area contributed by atoms with Gasteiger partial charge in [0.05, 0.1) is 13.2 Å². The Morgan fingerprint density at radius 2 is 1.69 bits per heavy atom. The minimum absolute atomic E-state index is 0.0309. The van der Waals surface area contributed by atoms with Crippen molar-refractivity contribution < 1.29 is 24.5 Å². The maximum absolute atomic E-state index is 12.7. The molecule has 0 saturated heterocycles. The van der Waals surface area contributed by atoms with Crippen molar-refractivity contribution in [1.82, 2.24) is 4.90 Å². The van der Waals surface area contributed by atoms with Crippen molar-refractivity contribution in [3.63, 3.8) is 0 Å². The molecule has 0 spiro atoms. The van der Waals surface area contributed by atoms with E-state index in [-0.39, 0.29) is 31.9 Å². The van der Waals surface area contributed by atoms with Crippen molar-refractivity contribution in [3.8, 4) is 5.75 Å². The van der Waals surface area contributed by atoms with Crippen LogP contribution >= 0.6 is 11.3 Å². The molecule has 0 bridgehead atoms. The molecule has 3 aromatic rings. The van der Waals surface area contributed by atoms with Crippen LogP contribution < -0.4 is 10.2 Å². The first-order chi connectivity index (χ1) is 14.1. The summed E-state index contributed by atoms with van der Waals surface area (Å²) in [6.45, 7) is 1.03. The zero-order chi connectivity index (χ0) is 20.6. The van der Waals surface area contributed by atoms with Crippen molar-refractivity contribution in [2.75, 3.05) is 46.1 Å². The highest BCUT2D eigenvalue weighted by Gasteiger charge is 2.10. The van der Waals surface area contributed by atoms with Crippen molar-refractivity contribution in [2.24, 2.45) is 0 Å². The zero-order valence-electron chi connectivity index (χ0n) is 15.9. The average molecular weight is 417 g/mol. The summed E-state index contributed by atoms with van der Waals surface area (Å²) in [4.78, 5) is 26.4. The number of ether oxygens (including phenoxy) is 2. The Hall–Kier alpha value is -2.52. The fourth-order valence-corrected chi connectivity index (χ4v) is 4.01. The van der Waals surface area contributed by atoms with Crippen molar-refractivity contribution >= 4 is 37.5 Å². The molecule has 0 saturated carbocycles. The van der Waals surface area contributed by atoms with Gasteiger partial charge in [-0.1, -0.05) is 12.1 Å². The summed E-state index contributed by atoms with van der Waals surface area (Å²) < 4.78 is 12.4. The normalized spacial score (nSPS) is 11.3. The first-order valence-corrected chi connectivity index (χ1v) is 10.1. The molecule has 0 amide bonds. The van der Waals surface area contributed by atoms with Crippen molar-refractivity contribution in [1.29, 1.82) is 0 Å². The lowest BCUT2D eigenvalue weighted by atomic mass is 10.2. The molecule has 3 rings (SSSR count). The predicted molar refractivity (Wildman–Crippen MR) is 113 cm³/mol. The van der Waals surface area contributed by atoms with Gasteiger partial charge in [-0.25, -0.2) is 4.79 Å². The third-order valence-corrected chi connectivity index (χ3v) is 5.56. The lowest BCUT2D eigenvalue weighted by Crippen LogP contribution is -2.33. The molecule has 0 atom stereocenters. The number of hydrogen-bond acceptors (Lipinski definition) is 8. The molecule has 0 aliphatic carbocycles. The maximum Gasteiger partial charge on any atom is 0.344 e. The van der Waals surface area contributed by atoms with E-state index in [4.69, 9.17) is 19.7 Å². The van der Waals surface area contributed by atoms with Crippen LogP contribution in [0, 0.1) is 0 Å². The number of carbonyl (C=O) groups excluding carboxylic acids is 1. The van der Waals surface area contributed by atoms with E-state index < -0.39 is 5.97 Å². The monoisotopic (exact) mass is 417 g/mol. The summed E-state index contributed by atoms with van der Waals surface area (Å²) in [6.07, 6.45) is 0. The van der Waals surface area contributed by atoms with Gasteiger partial charge in [0.1, 0.15) is 12.4 Å². The molecule has 0 aliphatic heterocycles. The van der Waals surface area contributed by atoms with E-state index in [2.05, 4.69) is 0 Å². The highest BCUT2D eigenvalue weighted by molar-refractivity contribution is 7.24. The predicted octanol–water partition coefficient (Wildman–Crippen LogP) is 1.62. The largest absolute Gasteiger partial charge is 0.482 e. The smallest absolute Gasteiger partial charge is 0.344 e. The van der Waals surface area contributed by atoms with E-state index in [1.165, 1.54) is 11.3 Å². The number of carbonyl (C=O) groups is 1. The number of aliphatic hydroxyl groups excluding tert-OH is 2. The van der Waals surface area contributed by atoms with Crippen LogP contribution in [0.25, 0.3) is 20.2 Å². The number of nitrogens with zero attached hydrogens (tertiary/aromatic N) is 1. The second-order valence-corrected chi connectivity index (χ2v) is 7.47. The number of hydrogen-bond donors (Lipinski definition) is 2. The van der Waals surface area contributed by atoms with Crippen LogP contribution in [0.2, 0.25) is 0 Å². The third kappa shape index (κ3) is 5.51. The standard InChI is InChI=1S/C21H23NO6S/c23-10-7-22(8-11-24)9-12-27-20(25)14-28-15-5-6-19-17(13-15)21(26)16-3-1-2-4-18(16)29-19/h1-6,13,23-24H,7-12,14H2. The topological polar surface area (TPSA) is 96.3 Å². The Balaban J connectivity index is 1.59. The molecule has 0 fully saturated rings. The van der Waals surface area contributed by atoms with Gasteiger partial charge in [0.2, 0.25) is 0 Å². The molecule has 1 heterocycles. The van der Waals surface area contributed by atoms with Gasteiger partial charge in [-0.3, -0.25) is 9.69 Å². The molecule has 1 aromatic heterocycles. The van der Waals surface area contributed by atoms with Gasteiger partial charge >= 0.3 is 5.97 Å². The van der Waals surface area contributed by atoms with Crippen LogP contribution in [0.3, 0.4) is 0 Å². The number of benzene rings is 2. The minimum atomic E-state index is -0.526. The SMILES string of the molecule is O=C(COc1ccc2sc3ccccc3c(=O)c2c1)OCCN(CCO)CCO. The number of fused-ring (bicyclic) bond motifs is 2. The highest BCUT2D eigenvalue weighted by atomic mass is 32.1. The van der Waals surface area contributed by atoms with Gasteiger partial charge in [0, 0.05) is 39.8 Å². The molecule has 2 N–H and O–H groups in total. The maximum atomic E-state index is 12.7. The van der Waals surface area contributed by atoms with Crippen molar-refractivity contribution in [3.05, 3.63) is 52.7 Å². The fourth-order valence-electron chi connectivity index (χ4n) is 2.96. The fraction of sp³-hybridized carbons (Fsp3) is 0.333. The highest BCUT2D eigenvalue weighted by Crippen LogP contribution is 2.27. The molecule has 7 nitrogen and oxygen atoms in total. The number of aliphatic hydroxyl groups is 2. The zero-order valence-corrected chi connectivity index (χ0v) is 16.7. The average Bonchev–Trinajstić information content (AvgIpc) is 2.73. The van der Waals surface area contributed by atoms with Crippen molar-refractivity contribution in [2.45, 2.75) is 0 Å². The third-order valence-electron chi connectivity index (χ3n) is 4.41. The van der Waals surface area contributed by atoms with E-state index in [1.54, 1.807) is 23.1 Å². The molecule has 0 radical (unpaired) electrons. The first kappa shape index (κ1) is 21.2. The van der Waals surface area contributed by atoms with E-state index in [9.17, 15) is 9.59 Å². The van der Waals surface area contributed by atoms with Crippen LogP contribution in [-0.4, -0.2) is 67.1 Å². The summed E-state index contributed by atoms with van der Waals surface area (Å²) in [5, 5.41) is 19.1. The minimum Gasteiger partial charge on any atom is -0.482 e. The van der Waals surface area contributed by atoms with Gasteiger partial charge in [0.15, 0.2) is 12.0 Å². The Kier molecular flexibility index (Phi) is 7.54.